The summed E-state index contributed by atoms with van der Waals surface area (Å²) in [6.45, 7) is 0. The molecule has 0 bridgehead atoms. The first kappa shape index (κ1) is 9.84. The van der Waals surface area contributed by atoms with Gasteiger partial charge in [-0.2, -0.15) is 0 Å². The highest BCUT2D eigenvalue weighted by molar-refractivity contribution is 6.12. The fourth-order valence-electron chi connectivity index (χ4n) is 2.28. The number of benzene rings is 2. The molecule has 1 atom stereocenters. The molecular weight excluding hydrogens is 218 g/mol. The number of hydrogen-bond acceptors (Lipinski definition) is 2. The van der Waals surface area contributed by atoms with Crippen molar-refractivity contribution >= 4 is 22.6 Å². The molecule has 0 fully saturated rings. The van der Waals surface area contributed by atoms with Gasteiger partial charge in [-0.3, -0.25) is 4.79 Å². The highest BCUT2D eigenvalue weighted by Crippen LogP contribution is 2.31. The van der Waals surface area contributed by atoms with Crippen molar-refractivity contribution in [2.45, 2.75) is 6.04 Å². The van der Waals surface area contributed by atoms with Crippen LogP contribution in [0.15, 0.2) is 36.4 Å². The number of carboxylic acid groups (broad SMARTS) is 1. The van der Waals surface area contributed by atoms with E-state index in [4.69, 9.17) is 5.11 Å². The molecule has 1 unspecified atom stereocenters. The lowest BCUT2D eigenvalue weighted by Gasteiger charge is -2.23. The Morgan fingerprint density at radius 3 is 2.59 bits per heavy atom. The summed E-state index contributed by atoms with van der Waals surface area (Å²) in [6, 6.07) is 9.83. The molecule has 0 radical (unpaired) electrons. The number of rotatable bonds is 1. The predicted molar refractivity (Wildman–Crippen MR) is 61.8 cm³/mol. The maximum Gasteiger partial charge on any atom is 0.330 e. The summed E-state index contributed by atoms with van der Waals surface area (Å²) < 4.78 is 0. The molecule has 84 valence electrons. The lowest BCUT2D eigenvalue weighted by Crippen LogP contribution is -2.37. The largest absolute Gasteiger partial charge is 0.479 e. The van der Waals surface area contributed by atoms with E-state index in [1.165, 1.54) is 0 Å². The summed E-state index contributed by atoms with van der Waals surface area (Å²) in [6.07, 6.45) is 0. The van der Waals surface area contributed by atoms with Crippen molar-refractivity contribution in [3.8, 4) is 0 Å². The van der Waals surface area contributed by atoms with Crippen LogP contribution >= 0.6 is 0 Å². The van der Waals surface area contributed by atoms with E-state index in [0.717, 1.165) is 10.8 Å². The van der Waals surface area contributed by atoms with Crippen LogP contribution in [0, 0.1) is 0 Å². The third kappa shape index (κ3) is 1.30. The van der Waals surface area contributed by atoms with Gasteiger partial charge in [0.05, 0.1) is 0 Å². The van der Waals surface area contributed by atoms with E-state index in [1.807, 2.05) is 12.1 Å². The average Bonchev–Trinajstić information content (AvgIpc) is 2.33. The van der Waals surface area contributed by atoms with Crippen LogP contribution in [0.25, 0.3) is 10.8 Å². The van der Waals surface area contributed by atoms with Crippen LogP contribution in [0.5, 0.6) is 0 Å². The quantitative estimate of drug-likeness (QED) is 0.779. The summed E-state index contributed by atoms with van der Waals surface area (Å²) >= 11 is 0. The van der Waals surface area contributed by atoms with Crippen molar-refractivity contribution < 1.29 is 14.7 Å². The number of nitrogens with one attached hydrogen (secondary N) is 1. The smallest absolute Gasteiger partial charge is 0.330 e. The van der Waals surface area contributed by atoms with Crippen LogP contribution in [0.2, 0.25) is 0 Å². The van der Waals surface area contributed by atoms with Gasteiger partial charge >= 0.3 is 5.97 Å². The second-order valence-corrected chi connectivity index (χ2v) is 4.00. The first-order valence-electron chi connectivity index (χ1n) is 5.24. The zero-order chi connectivity index (χ0) is 12.0. The molecule has 1 amide bonds. The lowest BCUT2D eigenvalue weighted by molar-refractivity contribution is -0.139. The van der Waals surface area contributed by atoms with E-state index in [0.29, 0.717) is 11.1 Å². The molecule has 17 heavy (non-hydrogen) atoms. The van der Waals surface area contributed by atoms with Gasteiger partial charge in [0.15, 0.2) is 6.04 Å². The summed E-state index contributed by atoms with van der Waals surface area (Å²) in [5.41, 5.74) is 1.18. The summed E-state index contributed by atoms with van der Waals surface area (Å²) in [5.74, 6) is -1.37. The Kier molecular flexibility index (Phi) is 1.92. The molecule has 2 aromatic carbocycles. The van der Waals surface area contributed by atoms with Crippen molar-refractivity contribution in [1.82, 2.24) is 5.32 Å². The normalized spacial score (nSPS) is 17.9. The molecule has 0 saturated heterocycles. The number of hydrogen-bond donors (Lipinski definition) is 2. The van der Waals surface area contributed by atoms with Gasteiger partial charge in [0.1, 0.15) is 0 Å². The van der Waals surface area contributed by atoms with Crippen molar-refractivity contribution in [3.05, 3.63) is 47.5 Å². The van der Waals surface area contributed by atoms with E-state index in [9.17, 15) is 9.59 Å². The minimum atomic E-state index is -1.04. The first-order valence-corrected chi connectivity index (χ1v) is 5.24. The number of carboxylic acids is 1. The van der Waals surface area contributed by atoms with Gasteiger partial charge in [-0.15, -0.1) is 0 Å². The minimum Gasteiger partial charge on any atom is -0.479 e. The maximum absolute atomic E-state index is 11.8. The van der Waals surface area contributed by atoms with E-state index in [1.54, 1.807) is 24.3 Å². The van der Waals surface area contributed by atoms with Crippen LogP contribution in [0.4, 0.5) is 0 Å². The number of amides is 1. The fraction of sp³-hybridized carbons (Fsp3) is 0.0769. The van der Waals surface area contributed by atoms with Gasteiger partial charge in [0.25, 0.3) is 5.91 Å². The molecule has 2 aromatic rings. The van der Waals surface area contributed by atoms with E-state index in [2.05, 4.69) is 5.32 Å². The van der Waals surface area contributed by atoms with E-state index < -0.39 is 12.0 Å². The summed E-state index contributed by atoms with van der Waals surface area (Å²) in [4.78, 5) is 22.9. The molecule has 0 aliphatic carbocycles. The monoisotopic (exact) mass is 227 g/mol. The Labute approximate surface area is 96.9 Å². The molecule has 1 aliphatic rings. The predicted octanol–water partition coefficient (Wildman–Crippen LogP) is 1.71. The van der Waals surface area contributed by atoms with Gasteiger partial charge in [-0.1, -0.05) is 30.3 Å². The second kappa shape index (κ2) is 3.31. The van der Waals surface area contributed by atoms with E-state index in [-0.39, 0.29) is 5.91 Å². The molecule has 1 aliphatic heterocycles. The lowest BCUT2D eigenvalue weighted by atomic mass is 9.91. The van der Waals surface area contributed by atoms with Crippen LogP contribution in [-0.2, 0) is 4.79 Å². The molecule has 0 aromatic heterocycles. The Morgan fingerprint density at radius 2 is 1.88 bits per heavy atom. The van der Waals surface area contributed by atoms with Gasteiger partial charge in [-0.05, 0) is 17.0 Å². The fourth-order valence-corrected chi connectivity index (χ4v) is 2.28. The minimum absolute atomic E-state index is 0.332. The number of carbonyl (C=O) groups excluding carboxylic acids is 1. The van der Waals surface area contributed by atoms with Gasteiger partial charge < -0.3 is 10.4 Å². The zero-order valence-corrected chi connectivity index (χ0v) is 8.81. The third-order valence-corrected chi connectivity index (χ3v) is 3.01. The number of carbonyl (C=O) groups is 2. The second-order valence-electron chi connectivity index (χ2n) is 4.00. The molecule has 0 spiro atoms. The Balaban J connectivity index is 2.42. The third-order valence-electron chi connectivity index (χ3n) is 3.01. The van der Waals surface area contributed by atoms with Crippen molar-refractivity contribution in [2.24, 2.45) is 0 Å². The van der Waals surface area contributed by atoms with Gasteiger partial charge in [0, 0.05) is 10.9 Å². The van der Waals surface area contributed by atoms with Gasteiger partial charge in [-0.25, -0.2) is 4.79 Å². The zero-order valence-electron chi connectivity index (χ0n) is 8.81. The summed E-state index contributed by atoms with van der Waals surface area (Å²) in [7, 11) is 0. The van der Waals surface area contributed by atoms with Crippen molar-refractivity contribution in [2.75, 3.05) is 0 Å². The Hall–Kier alpha value is -2.36. The number of aliphatic carboxylic acids is 1. The maximum atomic E-state index is 11.8. The van der Waals surface area contributed by atoms with Crippen molar-refractivity contribution in [3.63, 3.8) is 0 Å². The topological polar surface area (TPSA) is 66.4 Å². The van der Waals surface area contributed by atoms with Crippen LogP contribution in [-0.4, -0.2) is 17.0 Å². The Morgan fingerprint density at radius 1 is 1.18 bits per heavy atom. The molecule has 4 nitrogen and oxygen atoms in total. The van der Waals surface area contributed by atoms with E-state index >= 15 is 0 Å². The van der Waals surface area contributed by atoms with Crippen LogP contribution < -0.4 is 5.32 Å². The Bertz CT molecular complexity index is 643. The van der Waals surface area contributed by atoms with Crippen LogP contribution in [0.3, 0.4) is 0 Å². The molecular formula is C13H9NO3. The molecule has 3 rings (SSSR count). The molecule has 0 saturated carbocycles. The molecule has 2 N–H and O–H groups in total. The molecule has 1 heterocycles. The molecule has 4 heteroatoms. The average molecular weight is 227 g/mol. The van der Waals surface area contributed by atoms with Gasteiger partial charge in [0.2, 0.25) is 0 Å². The summed E-state index contributed by atoms with van der Waals surface area (Å²) in [5, 5.41) is 13.2. The van der Waals surface area contributed by atoms with Crippen LogP contribution in [0.1, 0.15) is 22.0 Å². The highest BCUT2D eigenvalue weighted by Gasteiger charge is 2.30. The first-order chi connectivity index (χ1) is 8.18. The highest BCUT2D eigenvalue weighted by atomic mass is 16.4. The van der Waals surface area contributed by atoms with Crippen molar-refractivity contribution in [1.29, 1.82) is 0 Å². The SMILES string of the molecule is O=C1NC(C(=O)O)c2cccc3cccc1c23. The standard InChI is InChI=1S/C13H9NO3/c15-12-9-6-2-4-7-3-1-5-8(10(7)9)11(14-12)13(16)17/h1-6,11H,(H,14,15)(H,16,17).